The Kier molecular flexibility index (Phi) is 3.44. The van der Waals surface area contributed by atoms with Crippen LogP contribution in [-0.4, -0.2) is 23.1 Å². The lowest BCUT2D eigenvalue weighted by Gasteiger charge is -2.06. The normalized spacial score (nSPS) is 9.20. The Morgan fingerprint density at radius 2 is 2.20 bits per heavy atom. The van der Waals surface area contributed by atoms with E-state index in [1.807, 2.05) is 6.07 Å². The van der Waals surface area contributed by atoms with Gasteiger partial charge in [0.25, 0.3) is 0 Å². The van der Waals surface area contributed by atoms with E-state index >= 15 is 0 Å². The molecule has 0 aliphatic heterocycles. The smallest absolute Gasteiger partial charge is 0.423 e. The van der Waals surface area contributed by atoms with Gasteiger partial charge in [0.05, 0.1) is 11.3 Å². The predicted molar refractivity (Wildman–Crippen MR) is 55.3 cm³/mol. The third kappa shape index (κ3) is 2.81. The number of nitrogens with zero attached hydrogens (tertiary/aromatic N) is 1. The maximum Gasteiger partial charge on any atom is 0.488 e. The van der Waals surface area contributed by atoms with Crippen molar-refractivity contribution in [2.24, 2.45) is 0 Å². The molecule has 0 saturated carbocycles. The fraction of sp³-hybridized carbons (Fsp3) is 0.111. The van der Waals surface area contributed by atoms with Crippen molar-refractivity contribution in [3.05, 3.63) is 23.8 Å². The third-order valence-corrected chi connectivity index (χ3v) is 1.77. The monoisotopic (exact) mass is 204 g/mol. The fourth-order valence-corrected chi connectivity index (χ4v) is 1.11. The Balaban J connectivity index is 3.10. The Morgan fingerprint density at radius 3 is 2.67 bits per heavy atom. The zero-order valence-corrected chi connectivity index (χ0v) is 8.06. The van der Waals surface area contributed by atoms with E-state index in [-0.39, 0.29) is 16.9 Å². The molecule has 5 nitrogen and oxygen atoms in total. The number of nitrogens with one attached hydrogen (secondary N) is 1. The lowest BCUT2D eigenvalue weighted by atomic mass is 9.79. The first-order valence-corrected chi connectivity index (χ1v) is 4.22. The molecule has 0 aliphatic rings. The molecule has 0 saturated heterocycles. The molecule has 0 fully saturated rings. The standard InChI is InChI=1S/C9H9BN2O3/c1-6(13)12-9-3-2-8(10(14)15)4-7(9)5-11/h2-4,14-15H,1H3,(H,12,13). The summed E-state index contributed by atoms with van der Waals surface area (Å²) in [6, 6.07) is 6.06. The number of anilines is 1. The van der Waals surface area contributed by atoms with Crippen LogP contribution in [0.4, 0.5) is 5.69 Å². The van der Waals surface area contributed by atoms with Crippen LogP contribution in [0.25, 0.3) is 0 Å². The highest BCUT2D eigenvalue weighted by atomic mass is 16.4. The number of hydrogen-bond donors (Lipinski definition) is 3. The molecule has 0 spiro atoms. The van der Waals surface area contributed by atoms with Gasteiger partial charge in [0.15, 0.2) is 0 Å². The van der Waals surface area contributed by atoms with E-state index in [0.29, 0.717) is 5.69 Å². The highest BCUT2D eigenvalue weighted by molar-refractivity contribution is 6.58. The van der Waals surface area contributed by atoms with E-state index in [4.69, 9.17) is 15.3 Å². The van der Waals surface area contributed by atoms with Crippen LogP contribution < -0.4 is 10.8 Å². The van der Waals surface area contributed by atoms with Gasteiger partial charge in [0.1, 0.15) is 6.07 Å². The molecule has 1 aromatic rings. The quantitative estimate of drug-likeness (QED) is 0.549. The average Bonchev–Trinajstić information content (AvgIpc) is 2.17. The molecule has 0 unspecified atom stereocenters. The summed E-state index contributed by atoms with van der Waals surface area (Å²) in [6.07, 6.45) is 0. The second kappa shape index (κ2) is 4.60. The van der Waals surface area contributed by atoms with E-state index in [1.165, 1.54) is 25.1 Å². The van der Waals surface area contributed by atoms with Gasteiger partial charge in [-0.15, -0.1) is 0 Å². The summed E-state index contributed by atoms with van der Waals surface area (Å²) in [4.78, 5) is 10.8. The molecule has 0 radical (unpaired) electrons. The first-order valence-electron chi connectivity index (χ1n) is 4.22. The van der Waals surface area contributed by atoms with Gasteiger partial charge in [-0.1, -0.05) is 6.07 Å². The minimum Gasteiger partial charge on any atom is -0.423 e. The zero-order valence-electron chi connectivity index (χ0n) is 8.06. The summed E-state index contributed by atoms with van der Waals surface area (Å²) < 4.78 is 0. The van der Waals surface area contributed by atoms with Crippen molar-refractivity contribution in [1.82, 2.24) is 0 Å². The van der Waals surface area contributed by atoms with Gasteiger partial charge < -0.3 is 15.4 Å². The Bertz CT molecular complexity index is 426. The lowest BCUT2D eigenvalue weighted by molar-refractivity contribution is -0.114. The summed E-state index contributed by atoms with van der Waals surface area (Å²) in [5.41, 5.74) is 0.755. The van der Waals surface area contributed by atoms with Crippen LogP contribution in [0, 0.1) is 11.3 Å². The molecule has 15 heavy (non-hydrogen) atoms. The number of hydrogen-bond acceptors (Lipinski definition) is 4. The largest absolute Gasteiger partial charge is 0.488 e. The molecule has 0 atom stereocenters. The molecule has 1 amide bonds. The van der Waals surface area contributed by atoms with Crippen LogP contribution in [0.15, 0.2) is 18.2 Å². The molecule has 0 aromatic heterocycles. The van der Waals surface area contributed by atoms with Gasteiger partial charge >= 0.3 is 7.12 Å². The number of nitriles is 1. The lowest BCUT2D eigenvalue weighted by Crippen LogP contribution is -2.30. The first kappa shape index (κ1) is 11.2. The number of rotatable bonds is 2. The second-order valence-electron chi connectivity index (χ2n) is 2.97. The van der Waals surface area contributed by atoms with E-state index < -0.39 is 7.12 Å². The predicted octanol–water partition coefficient (Wildman–Crippen LogP) is -0.804. The van der Waals surface area contributed by atoms with Crippen molar-refractivity contribution in [3.63, 3.8) is 0 Å². The van der Waals surface area contributed by atoms with E-state index in [1.54, 1.807) is 0 Å². The summed E-state index contributed by atoms with van der Waals surface area (Å²) in [7, 11) is -1.62. The zero-order chi connectivity index (χ0) is 11.4. The van der Waals surface area contributed by atoms with Crippen LogP contribution in [-0.2, 0) is 4.79 Å². The summed E-state index contributed by atoms with van der Waals surface area (Å²) in [6.45, 7) is 1.33. The Morgan fingerprint density at radius 1 is 1.53 bits per heavy atom. The highest BCUT2D eigenvalue weighted by Crippen LogP contribution is 2.12. The number of benzene rings is 1. The molecule has 6 heteroatoms. The molecule has 76 valence electrons. The van der Waals surface area contributed by atoms with Crippen molar-refractivity contribution < 1.29 is 14.8 Å². The third-order valence-electron chi connectivity index (χ3n) is 1.77. The van der Waals surface area contributed by atoms with Gasteiger partial charge in [-0.2, -0.15) is 5.26 Å². The Labute approximate surface area is 87.1 Å². The van der Waals surface area contributed by atoms with E-state index in [0.717, 1.165) is 0 Å². The SMILES string of the molecule is CC(=O)Nc1ccc(B(O)O)cc1C#N. The maximum atomic E-state index is 10.8. The van der Waals surface area contributed by atoms with Crippen molar-refractivity contribution >= 4 is 24.2 Å². The fourth-order valence-electron chi connectivity index (χ4n) is 1.11. The first-order chi connectivity index (χ1) is 7.04. The summed E-state index contributed by atoms with van der Waals surface area (Å²) >= 11 is 0. The Hall–Kier alpha value is -1.84. The number of carbonyl (C=O) groups excluding carboxylic acids is 1. The molecule has 0 heterocycles. The summed E-state index contributed by atoms with van der Waals surface area (Å²) in [5, 5.41) is 29.0. The van der Waals surface area contributed by atoms with Gasteiger partial charge in [-0.3, -0.25) is 4.79 Å². The molecule has 0 bridgehead atoms. The minimum absolute atomic E-state index is 0.191. The molecule has 1 rings (SSSR count). The molecule has 0 aliphatic carbocycles. The van der Waals surface area contributed by atoms with Crippen molar-refractivity contribution in [2.45, 2.75) is 6.92 Å². The molecular formula is C9H9BN2O3. The maximum absolute atomic E-state index is 10.8. The summed E-state index contributed by atoms with van der Waals surface area (Å²) in [5.74, 6) is -0.288. The van der Waals surface area contributed by atoms with Crippen LogP contribution in [0.5, 0.6) is 0 Å². The average molecular weight is 204 g/mol. The number of amides is 1. The van der Waals surface area contributed by atoms with Gasteiger partial charge in [-0.05, 0) is 17.6 Å². The van der Waals surface area contributed by atoms with E-state index in [9.17, 15) is 4.79 Å². The van der Waals surface area contributed by atoms with Crippen molar-refractivity contribution in [1.29, 1.82) is 5.26 Å². The topological polar surface area (TPSA) is 93.3 Å². The minimum atomic E-state index is -1.62. The number of carbonyl (C=O) groups is 1. The molecule has 3 N–H and O–H groups in total. The van der Waals surface area contributed by atoms with E-state index in [2.05, 4.69) is 5.32 Å². The van der Waals surface area contributed by atoms with Crippen LogP contribution in [0.2, 0.25) is 0 Å². The van der Waals surface area contributed by atoms with Crippen LogP contribution >= 0.6 is 0 Å². The van der Waals surface area contributed by atoms with Gasteiger partial charge in [-0.25, -0.2) is 0 Å². The van der Waals surface area contributed by atoms with Crippen molar-refractivity contribution in [2.75, 3.05) is 5.32 Å². The van der Waals surface area contributed by atoms with Gasteiger partial charge in [0, 0.05) is 6.92 Å². The van der Waals surface area contributed by atoms with Crippen LogP contribution in [0.3, 0.4) is 0 Å². The highest BCUT2D eigenvalue weighted by Gasteiger charge is 2.13. The van der Waals surface area contributed by atoms with Gasteiger partial charge in [0.2, 0.25) is 5.91 Å². The van der Waals surface area contributed by atoms with Crippen molar-refractivity contribution in [3.8, 4) is 6.07 Å². The second-order valence-corrected chi connectivity index (χ2v) is 2.97. The molecule has 1 aromatic carbocycles. The van der Waals surface area contributed by atoms with Crippen LogP contribution in [0.1, 0.15) is 12.5 Å². The molecular weight excluding hydrogens is 195 g/mol.